The molecule has 1 saturated carbocycles. The maximum atomic E-state index is 12.7. The van der Waals surface area contributed by atoms with Crippen molar-refractivity contribution in [2.24, 2.45) is 23.7 Å². The summed E-state index contributed by atoms with van der Waals surface area (Å²) in [7, 11) is 0. The number of hydrogen-bond acceptors (Lipinski definition) is 2. The van der Waals surface area contributed by atoms with Gasteiger partial charge in [-0.15, -0.1) is 0 Å². The van der Waals surface area contributed by atoms with Gasteiger partial charge in [-0.05, 0) is 42.4 Å². The highest BCUT2D eigenvalue weighted by molar-refractivity contribution is 6.35. The molecule has 2 amide bonds. The van der Waals surface area contributed by atoms with Crippen LogP contribution in [0.2, 0.25) is 10.0 Å². The molecule has 0 aromatic heterocycles. The van der Waals surface area contributed by atoms with E-state index >= 15 is 0 Å². The van der Waals surface area contributed by atoms with Crippen LogP contribution < -0.4 is 0 Å². The van der Waals surface area contributed by atoms with Gasteiger partial charge in [0.1, 0.15) is 0 Å². The first-order valence-corrected chi connectivity index (χ1v) is 8.29. The minimum Gasteiger partial charge on any atom is -0.278 e. The van der Waals surface area contributed by atoms with Gasteiger partial charge >= 0.3 is 0 Å². The fraction of sp³-hybridized carbons (Fsp3) is 0.412. The lowest BCUT2D eigenvalue weighted by Gasteiger charge is -2.38. The maximum absolute atomic E-state index is 12.7. The Morgan fingerprint density at radius 3 is 2.09 bits per heavy atom. The number of fused-ring (bicyclic) bond motifs is 1. The first-order valence-electron chi connectivity index (χ1n) is 7.54. The number of carbonyl (C=O) groups is 2. The quantitative estimate of drug-likeness (QED) is 0.610. The van der Waals surface area contributed by atoms with Crippen molar-refractivity contribution in [3.05, 3.63) is 46.0 Å². The van der Waals surface area contributed by atoms with Gasteiger partial charge in [-0.3, -0.25) is 14.5 Å². The second kappa shape index (κ2) is 5.10. The zero-order valence-electron chi connectivity index (χ0n) is 11.8. The molecule has 0 unspecified atom stereocenters. The summed E-state index contributed by atoms with van der Waals surface area (Å²) >= 11 is 12.1. The normalized spacial score (nSPS) is 32.7. The average Bonchev–Trinajstić information content (AvgIpc) is 2.78. The van der Waals surface area contributed by atoms with Crippen molar-refractivity contribution < 1.29 is 9.59 Å². The summed E-state index contributed by atoms with van der Waals surface area (Å²) in [4.78, 5) is 26.8. The van der Waals surface area contributed by atoms with Crippen LogP contribution in [0.15, 0.2) is 30.4 Å². The highest BCUT2D eigenvalue weighted by Crippen LogP contribution is 2.49. The van der Waals surface area contributed by atoms with Crippen molar-refractivity contribution in [2.75, 3.05) is 0 Å². The third kappa shape index (κ3) is 2.03. The van der Waals surface area contributed by atoms with E-state index in [1.165, 1.54) is 4.90 Å². The highest BCUT2D eigenvalue weighted by Gasteiger charge is 2.56. The second-order valence-corrected chi connectivity index (χ2v) is 7.18. The van der Waals surface area contributed by atoms with Crippen molar-refractivity contribution in [3.8, 4) is 0 Å². The molecule has 3 aliphatic carbocycles. The van der Waals surface area contributed by atoms with Crippen LogP contribution in [0, 0.1) is 23.7 Å². The Hall–Kier alpha value is -1.32. The average molecular weight is 336 g/mol. The molecule has 1 heterocycles. The topological polar surface area (TPSA) is 37.4 Å². The standard InChI is InChI=1S/C17H15Cl2NO2/c18-12-6-5-11(13(19)7-12)8-20-16(21)14-9-1-2-10(4-3-9)15(14)17(20)22/h1-2,5-7,9-10,14-15H,3-4,8H2/t9-,10-,14-,15-/m0/s1. The number of benzene rings is 1. The van der Waals surface area contributed by atoms with E-state index in [2.05, 4.69) is 12.2 Å². The number of hydrogen-bond donors (Lipinski definition) is 0. The Kier molecular flexibility index (Phi) is 3.31. The number of allylic oxidation sites excluding steroid dienone is 2. The molecule has 0 spiro atoms. The van der Waals surface area contributed by atoms with Gasteiger partial charge in [0.15, 0.2) is 0 Å². The minimum atomic E-state index is -0.165. The Morgan fingerprint density at radius 1 is 1.00 bits per heavy atom. The Balaban J connectivity index is 1.64. The van der Waals surface area contributed by atoms with Crippen molar-refractivity contribution >= 4 is 35.0 Å². The van der Waals surface area contributed by atoms with E-state index in [1.807, 2.05) is 0 Å². The molecule has 22 heavy (non-hydrogen) atoms. The van der Waals surface area contributed by atoms with Gasteiger partial charge in [-0.25, -0.2) is 0 Å². The number of halogens is 2. The molecular weight excluding hydrogens is 321 g/mol. The smallest absolute Gasteiger partial charge is 0.234 e. The second-order valence-electron chi connectivity index (χ2n) is 6.34. The summed E-state index contributed by atoms with van der Waals surface area (Å²) in [6.45, 7) is 0.236. The van der Waals surface area contributed by atoms with Gasteiger partial charge < -0.3 is 0 Å². The van der Waals surface area contributed by atoms with Crippen molar-refractivity contribution in [1.82, 2.24) is 4.90 Å². The summed E-state index contributed by atoms with van der Waals surface area (Å²) < 4.78 is 0. The van der Waals surface area contributed by atoms with E-state index in [1.54, 1.807) is 18.2 Å². The maximum Gasteiger partial charge on any atom is 0.234 e. The summed E-state index contributed by atoms with van der Waals surface area (Å²) in [6, 6.07) is 5.15. The lowest BCUT2D eigenvalue weighted by Crippen LogP contribution is -2.38. The van der Waals surface area contributed by atoms with E-state index in [9.17, 15) is 9.59 Å². The van der Waals surface area contributed by atoms with Crippen molar-refractivity contribution in [1.29, 1.82) is 0 Å². The predicted molar refractivity (Wildman–Crippen MR) is 84.4 cm³/mol. The van der Waals surface area contributed by atoms with Gasteiger partial charge in [0, 0.05) is 10.0 Å². The van der Waals surface area contributed by atoms with Crippen LogP contribution in [0.25, 0.3) is 0 Å². The molecule has 114 valence electrons. The Bertz CT molecular complexity index is 668. The fourth-order valence-corrected chi connectivity index (χ4v) is 4.58. The molecule has 2 fully saturated rings. The van der Waals surface area contributed by atoms with E-state index < -0.39 is 0 Å². The van der Waals surface area contributed by atoms with E-state index in [4.69, 9.17) is 23.2 Å². The molecule has 5 heteroatoms. The van der Waals surface area contributed by atoms with Crippen LogP contribution in [-0.2, 0) is 16.1 Å². The molecular formula is C17H15Cl2NO2. The minimum absolute atomic E-state index is 0.0416. The molecule has 1 aliphatic heterocycles. The first kappa shape index (κ1) is 14.3. The van der Waals surface area contributed by atoms with Gasteiger partial charge in [0.05, 0.1) is 18.4 Å². The lowest BCUT2D eigenvalue weighted by molar-refractivity contribution is -0.140. The van der Waals surface area contributed by atoms with Crippen LogP contribution in [-0.4, -0.2) is 16.7 Å². The number of likely N-dealkylation sites (tertiary alicyclic amines) is 1. The van der Waals surface area contributed by atoms with Crippen molar-refractivity contribution in [2.45, 2.75) is 19.4 Å². The summed E-state index contributed by atoms with van der Waals surface area (Å²) in [6.07, 6.45) is 6.27. The van der Waals surface area contributed by atoms with E-state index in [0.29, 0.717) is 10.0 Å². The number of carbonyl (C=O) groups excluding carboxylic acids is 2. The number of nitrogens with zero attached hydrogens (tertiary/aromatic N) is 1. The van der Waals surface area contributed by atoms with Gasteiger partial charge in [-0.1, -0.05) is 41.4 Å². The third-order valence-corrected chi connectivity index (χ3v) is 5.78. The highest BCUT2D eigenvalue weighted by atomic mass is 35.5. The van der Waals surface area contributed by atoms with E-state index in [-0.39, 0.29) is 42.0 Å². The zero-order valence-corrected chi connectivity index (χ0v) is 13.3. The van der Waals surface area contributed by atoms with Crippen LogP contribution in [0.5, 0.6) is 0 Å². The molecule has 5 rings (SSSR count). The van der Waals surface area contributed by atoms with Crippen LogP contribution in [0.1, 0.15) is 18.4 Å². The molecule has 3 nitrogen and oxygen atoms in total. The molecule has 2 bridgehead atoms. The summed E-state index contributed by atoms with van der Waals surface area (Å²) in [5, 5.41) is 1.04. The SMILES string of the molecule is O=C1[C@@H]2[C@@H](C(=O)N1Cc1ccc(Cl)cc1Cl)[C@H]1C=C[C@H]2CC1. The van der Waals surface area contributed by atoms with E-state index in [0.717, 1.165) is 18.4 Å². The summed E-state index contributed by atoms with van der Waals surface area (Å²) in [5.41, 5.74) is 0.756. The lowest BCUT2D eigenvalue weighted by atomic mass is 9.63. The zero-order chi connectivity index (χ0) is 15.4. The molecule has 0 radical (unpaired) electrons. The number of amides is 2. The Labute approximate surface area is 138 Å². The predicted octanol–water partition coefficient (Wildman–Crippen LogP) is 3.69. The molecule has 0 N–H and O–H groups in total. The molecule has 4 atom stereocenters. The molecule has 1 aromatic rings. The number of imide groups is 1. The van der Waals surface area contributed by atoms with Gasteiger partial charge in [0.25, 0.3) is 0 Å². The number of rotatable bonds is 2. The fourth-order valence-electron chi connectivity index (χ4n) is 4.11. The first-order chi connectivity index (χ1) is 10.6. The molecule has 4 aliphatic rings. The van der Waals surface area contributed by atoms with Gasteiger partial charge in [-0.2, -0.15) is 0 Å². The van der Waals surface area contributed by atoms with Crippen LogP contribution in [0.4, 0.5) is 0 Å². The van der Waals surface area contributed by atoms with Crippen LogP contribution >= 0.6 is 23.2 Å². The monoisotopic (exact) mass is 335 g/mol. The van der Waals surface area contributed by atoms with Crippen molar-refractivity contribution in [3.63, 3.8) is 0 Å². The molecule has 1 saturated heterocycles. The van der Waals surface area contributed by atoms with Gasteiger partial charge in [0.2, 0.25) is 11.8 Å². The summed E-state index contributed by atoms with van der Waals surface area (Å²) in [5.74, 6) is 0.0269. The third-order valence-electron chi connectivity index (χ3n) is 5.19. The molecule has 1 aromatic carbocycles. The van der Waals surface area contributed by atoms with Crippen LogP contribution in [0.3, 0.4) is 0 Å². The largest absolute Gasteiger partial charge is 0.278 e. The Morgan fingerprint density at radius 2 is 1.59 bits per heavy atom.